The van der Waals surface area contributed by atoms with Crippen molar-refractivity contribution in [3.8, 4) is 5.75 Å². The van der Waals surface area contributed by atoms with Gasteiger partial charge in [-0.2, -0.15) is 0 Å². The summed E-state index contributed by atoms with van der Waals surface area (Å²) in [5.41, 5.74) is 0. The van der Waals surface area contributed by atoms with Crippen LogP contribution in [0.5, 0.6) is 5.75 Å². The van der Waals surface area contributed by atoms with Crippen molar-refractivity contribution in [2.45, 2.75) is 12.8 Å². The lowest BCUT2D eigenvalue weighted by molar-refractivity contribution is 0.306. The second-order valence-electron chi connectivity index (χ2n) is 3.23. The summed E-state index contributed by atoms with van der Waals surface area (Å²) in [4.78, 5) is 0. The van der Waals surface area contributed by atoms with Crippen LogP contribution < -0.4 is 10.1 Å². The summed E-state index contributed by atoms with van der Waals surface area (Å²) >= 11 is 9.36. The van der Waals surface area contributed by atoms with E-state index < -0.39 is 0 Å². The van der Waals surface area contributed by atoms with Gasteiger partial charge < -0.3 is 10.1 Å². The fraction of sp³-hybridized carbons (Fsp3) is 0.455. The highest BCUT2D eigenvalue weighted by molar-refractivity contribution is 9.10. The molecule has 84 valence electrons. The van der Waals surface area contributed by atoms with E-state index in [-0.39, 0.29) is 0 Å². The van der Waals surface area contributed by atoms with Gasteiger partial charge in [0, 0.05) is 4.47 Å². The summed E-state index contributed by atoms with van der Waals surface area (Å²) in [7, 11) is 1.95. The first kappa shape index (κ1) is 12.8. The Bertz CT molecular complexity index is 307. The van der Waals surface area contributed by atoms with E-state index in [1.165, 1.54) is 0 Å². The van der Waals surface area contributed by atoms with Crippen LogP contribution in [0.2, 0.25) is 5.02 Å². The molecule has 0 bridgehead atoms. The minimum atomic E-state index is 0.659. The number of rotatable bonds is 6. The van der Waals surface area contributed by atoms with E-state index in [0.29, 0.717) is 11.6 Å². The van der Waals surface area contributed by atoms with Gasteiger partial charge in [0.1, 0.15) is 5.75 Å². The lowest BCUT2D eigenvalue weighted by Crippen LogP contribution is -2.09. The molecule has 0 saturated heterocycles. The molecule has 0 aromatic heterocycles. The van der Waals surface area contributed by atoms with Gasteiger partial charge >= 0.3 is 0 Å². The highest BCUT2D eigenvalue weighted by atomic mass is 79.9. The summed E-state index contributed by atoms with van der Waals surface area (Å²) in [6, 6.07) is 5.62. The molecule has 1 aromatic rings. The van der Waals surface area contributed by atoms with Crippen molar-refractivity contribution in [3.63, 3.8) is 0 Å². The lowest BCUT2D eigenvalue weighted by atomic mass is 10.3. The minimum Gasteiger partial charge on any atom is -0.492 e. The van der Waals surface area contributed by atoms with Crippen LogP contribution in [0.4, 0.5) is 0 Å². The molecular weight excluding hydrogens is 277 g/mol. The molecule has 0 heterocycles. The molecule has 0 aliphatic heterocycles. The van der Waals surface area contributed by atoms with Gasteiger partial charge in [0.2, 0.25) is 0 Å². The van der Waals surface area contributed by atoms with Crippen molar-refractivity contribution in [3.05, 3.63) is 27.7 Å². The fourth-order valence-corrected chi connectivity index (χ4v) is 1.69. The van der Waals surface area contributed by atoms with Crippen molar-refractivity contribution in [1.82, 2.24) is 5.32 Å². The first-order valence-corrected chi connectivity index (χ1v) is 6.13. The minimum absolute atomic E-state index is 0.659. The van der Waals surface area contributed by atoms with E-state index in [0.717, 1.165) is 29.6 Å². The Hall–Kier alpha value is -0.250. The molecule has 1 N–H and O–H groups in total. The van der Waals surface area contributed by atoms with Gasteiger partial charge in [-0.15, -0.1) is 0 Å². The van der Waals surface area contributed by atoms with E-state index in [1.807, 2.05) is 25.2 Å². The topological polar surface area (TPSA) is 21.3 Å². The molecule has 4 heteroatoms. The Morgan fingerprint density at radius 1 is 1.40 bits per heavy atom. The average molecular weight is 293 g/mol. The molecule has 0 amide bonds. The van der Waals surface area contributed by atoms with E-state index in [2.05, 4.69) is 21.2 Å². The zero-order valence-electron chi connectivity index (χ0n) is 8.72. The summed E-state index contributed by atoms with van der Waals surface area (Å²) < 4.78 is 6.56. The Morgan fingerprint density at radius 2 is 2.20 bits per heavy atom. The second kappa shape index (κ2) is 7.09. The summed E-state index contributed by atoms with van der Waals surface area (Å²) in [5, 5.41) is 3.76. The van der Waals surface area contributed by atoms with E-state index in [1.54, 1.807) is 0 Å². The van der Waals surface area contributed by atoms with Crippen LogP contribution in [0.3, 0.4) is 0 Å². The normalized spacial score (nSPS) is 10.3. The van der Waals surface area contributed by atoms with Gasteiger partial charge in [-0.1, -0.05) is 27.5 Å². The van der Waals surface area contributed by atoms with Crippen LogP contribution in [-0.4, -0.2) is 20.2 Å². The van der Waals surface area contributed by atoms with Crippen molar-refractivity contribution >= 4 is 27.5 Å². The number of benzene rings is 1. The molecule has 15 heavy (non-hydrogen) atoms. The van der Waals surface area contributed by atoms with Crippen LogP contribution in [0.15, 0.2) is 22.7 Å². The van der Waals surface area contributed by atoms with Gasteiger partial charge in [0.15, 0.2) is 0 Å². The number of hydrogen-bond donors (Lipinski definition) is 1. The molecule has 0 unspecified atom stereocenters. The quantitative estimate of drug-likeness (QED) is 0.811. The number of unbranched alkanes of at least 4 members (excludes halogenated alkanes) is 1. The van der Waals surface area contributed by atoms with Crippen LogP contribution >= 0.6 is 27.5 Å². The third kappa shape index (κ3) is 4.87. The molecule has 1 rings (SSSR count). The number of halogens is 2. The molecule has 0 aliphatic rings. The summed E-state index contributed by atoms with van der Waals surface area (Å²) in [5.74, 6) is 0.746. The molecule has 0 aliphatic carbocycles. The van der Waals surface area contributed by atoms with Crippen molar-refractivity contribution in [2.24, 2.45) is 0 Å². The maximum atomic E-state index is 5.98. The van der Waals surface area contributed by atoms with E-state index in [4.69, 9.17) is 16.3 Å². The van der Waals surface area contributed by atoms with E-state index >= 15 is 0 Å². The fourth-order valence-electron chi connectivity index (χ4n) is 1.17. The van der Waals surface area contributed by atoms with Crippen LogP contribution in [-0.2, 0) is 0 Å². The third-order valence-electron chi connectivity index (χ3n) is 1.97. The summed E-state index contributed by atoms with van der Waals surface area (Å²) in [6.45, 7) is 1.73. The number of nitrogens with one attached hydrogen (secondary N) is 1. The molecule has 1 aromatic carbocycles. The molecule has 0 spiro atoms. The summed E-state index contributed by atoms with van der Waals surface area (Å²) in [6.07, 6.45) is 2.14. The largest absolute Gasteiger partial charge is 0.492 e. The lowest BCUT2D eigenvalue weighted by Gasteiger charge is -2.08. The molecular formula is C11H15BrClNO. The molecule has 2 nitrogen and oxygen atoms in total. The van der Waals surface area contributed by atoms with Crippen molar-refractivity contribution in [1.29, 1.82) is 0 Å². The first-order chi connectivity index (χ1) is 7.24. The molecule has 0 radical (unpaired) electrons. The second-order valence-corrected chi connectivity index (χ2v) is 4.56. The van der Waals surface area contributed by atoms with Gasteiger partial charge in [-0.05, 0) is 44.6 Å². The monoisotopic (exact) mass is 291 g/mol. The van der Waals surface area contributed by atoms with Crippen molar-refractivity contribution in [2.75, 3.05) is 20.2 Å². The first-order valence-electron chi connectivity index (χ1n) is 4.96. The smallest absolute Gasteiger partial charge is 0.139 e. The molecule has 0 atom stereocenters. The average Bonchev–Trinajstić information content (AvgIpc) is 2.23. The predicted octanol–water partition coefficient (Wildman–Crippen LogP) is 3.48. The van der Waals surface area contributed by atoms with Gasteiger partial charge in [-0.3, -0.25) is 0 Å². The predicted molar refractivity (Wildman–Crippen MR) is 67.8 cm³/mol. The zero-order chi connectivity index (χ0) is 11.1. The Morgan fingerprint density at radius 3 is 2.93 bits per heavy atom. The highest BCUT2D eigenvalue weighted by Gasteiger charge is 2.01. The SMILES string of the molecule is CNCCCCOc1cc(Br)ccc1Cl. The number of ether oxygens (including phenoxy) is 1. The zero-order valence-corrected chi connectivity index (χ0v) is 11.1. The van der Waals surface area contributed by atoms with Crippen molar-refractivity contribution < 1.29 is 4.74 Å². The highest BCUT2D eigenvalue weighted by Crippen LogP contribution is 2.27. The Balaban J connectivity index is 2.33. The molecule has 0 fully saturated rings. The molecule has 0 saturated carbocycles. The Kier molecular flexibility index (Phi) is 6.06. The Labute approximate surface area is 104 Å². The van der Waals surface area contributed by atoms with Crippen LogP contribution in [0.1, 0.15) is 12.8 Å². The van der Waals surface area contributed by atoms with Crippen LogP contribution in [0.25, 0.3) is 0 Å². The standard InChI is InChI=1S/C11H15BrClNO/c1-14-6-2-3-7-15-11-8-9(12)4-5-10(11)13/h4-5,8,14H,2-3,6-7H2,1H3. The third-order valence-corrected chi connectivity index (χ3v) is 2.78. The van der Waals surface area contributed by atoms with E-state index in [9.17, 15) is 0 Å². The maximum absolute atomic E-state index is 5.98. The number of hydrogen-bond acceptors (Lipinski definition) is 2. The maximum Gasteiger partial charge on any atom is 0.139 e. The van der Waals surface area contributed by atoms with Gasteiger partial charge in [0.05, 0.1) is 11.6 Å². The van der Waals surface area contributed by atoms with Crippen LogP contribution in [0, 0.1) is 0 Å². The van der Waals surface area contributed by atoms with Gasteiger partial charge in [0.25, 0.3) is 0 Å². The van der Waals surface area contributed by atoms with Gasteiger partial charge in [-0.25, -0.2) is 0 Å².